The van der Waals surface area contributed by atoms with Gasteiger partial charge in [-0.25, -0.2) is 9.18 Å². The fourth-order valence-electron chi connectivity index (χ4n) is 2.61. The number of rotatable bonds is 4. The molecule has 0 bridgehead atoms. The van der Waals surface area contributed by atoms with E-state index in [1.54, 1.807) is 19.1 Å². The molecule has 2 aromatic carbocycles. The molecule has 0 unspecified atom stereocenters. The molecule has 0 saturated carbocycles. The van der Waals surface area contributed by atoms with Gasteiger partial charge in [0, 0.05) is 6.21 Å². The van der Waals surface area contributed by atoms with Crippen LogP contribution in [0.3, 0.4) is 0 Å². The second-order valence-corrected chi connectivity index (χ2v) is 6.45. The van der Waals surface area contributed by atoms with Crippen LogP contribution in [0.5, 0.6) is 5.88 Å². The van der Waals surface area contributed by atoms with Crippen LogP contribution in [0.4, 0.5) is 10.1 Å². The van der Waals surface area contributed by atoms with E-state index in [0.717, 1.165) is 5.56 Å². The van der Waals surface area contributed by atoms with Gasteiger partial charge >= 0.3 is 5.97 Å². The summed E-state index contributed by atoms with van der Waals surface area (Å²) in [5.41, 5.74) is 1.04. The molecule has 1 heterocycles. The van der Waals surface area contributed by atoms with E-state index in [9.17, 15) is 19.1 Å². The standard InChI is InChI=1S/C20H16FN3O4S/c1-11-3-4-12(19(27)28-2)9-16(11)22-10-15-17(25)23-20(29)24(18(15)26)14-7-5-13(21)6-8-14/h3-10,26H,1-2H3,(H,23,25,29). The van der Waals surface area contributed by atoms with Crippen molar-refractivity contribution in [3.05, 3.63) is 80.1 Å². The van der Waals surface area contributed by atoms with Gasteiger partial charge in [-0.15, -0.1) is 0 Å². The minimum absolute atomic E-state index is 0.0554. The van der Waals surface area contributed by atoms with Crippen LogP contribution in [0.2, 0.25) is 0 Å². The minimum Gasteiger partial charge on any atom is -0.494 e. The highest BCUT2D eigenvalue weighted by Crippen LogP contribution is 2.23. The maximum Gasteiger partial charge on any atom is 0.337 e. The number of carbonyl (C=O) groups excluding carboxylic acids is 1. The number of aryl methyl sites for hydroxylation is 1. The Kier molecular flexibility index (Phi) is 5.69. The van der Waals surface area contributed by atoms with Gasteiger partial charge in [0.2, 0.25) is 5.88 Å². The second kappa shape index (κ2) is 8.19. The predicted octanol–water partition coefficient (Wildman–Crippen LogP) is 3.59. The molecule has 9 heteroatoms. The van der Waals surface area contributed by atoms with Crippen LogP contribution < -0.4 is 5.56 Å². The highest BCUT2D eigenvalue weighted by molar-refractivity contribution is 7.71. The molecule has 0 aliphatic carbocycles. The Balaban J connectivity index is 2.10. The van der Waals surface area contributed by atoms with Gasteiger partial charge < -0.3 is 9.84 Å². The van der Waals surface area contributed by atoms with Gasteiger partial charge in [0.25, 0.3) is 5.56 Å². The Morgan fingerprint density at radius 2 is 1.97 bits per heavy atom. The van der Waals surface area contributed by atoms with Gasteiger partial charge in [-0.2, -0.15) is 0 Å². The number of aromatic hydroxyl groups is 1. The molecule has 7 nitrogen and oxygen atoms in total. The monoisotopic (exact) mass is 413 g/mol. The summed E-state index contributed by atoms with van der Waals surface area (Å²) in [5, 5.41) is 10.6. The number of carbonyl (C=O) groups is 1. The zero-order valence-electron chi connectivity index (χ0n) is 15.5. The molecule has 0 spiro atoms. The van der Waals surface area contributed by atoms with Crippen LogP contribution in [0, 0.1) is 17.5 Å². The maximum atomic E-state index is 13.2. The first-order chi connectivity index (χ1) is 13.8. The number of H-pyrrole nitrogens is 1. The number of hydrogen-bond donors (Lipinski definition) is 2. The summed E-state index contributed by atoms with van der Waals surface area (Å²) in [7, 11) is 1.27. The molecular weight excluding hydrogens is 397 g/mol. The number of nitrogens with one attached hydrogen (secondary N) is 1. The summed E-state index contributed by atoms with van der Waals surface area (Å²) in [6, 6.07) is 10.0. The number of hydrogen-bond acceptors (Lipinski definition) is 6. The van der Waals surface area contributed by atoms with Gasteiger partial charge in [-0.3, -0.25) is 19.3 Å². The third-order valence-electron chi connectivity index (χ3n) is 4.17. The molecule has 0 saturated heterocycles. The van der Waals surface area contributed by atoms with Crippen LogP contribution in [0.1, 0.15) is 21.5 Å². The number of aliphatic imine (C=N–C) groups is 1. The van der Waals surface area contributed by atoms with E-state index in [0.29, 0.717) is 16.9 Å². The number of benzene rings is 2. The number of nitrogens with zero attached hydrogens (tertiary/aromatic N) is 2. The topological polar surface area (TPSA) is 96.7 Å². The number of halogens is 1. The molecule has 2 N–H and O–H groups in total. The highest BCUT2D eigenvalue weighted by Gasteiger charge is 2.13. The number of ether oxygens (including phenoxy) is 1. The number of esters is 1. The van der Waals surface area contributed by atoms with Crippen LogP contribution in [0.15, 0.2) is 52.3 Å². The van der Waals surface area contributed by atoms with Crippen molar-refractivity contribution < 1.29 is 19.0 Å². The molecule has 0 aliphatic heterocycles. The Hall–Kier alpha value is -3.59. The average molecular weight is 413 g/mol. The van der Waals surface area contributed by atoms with Crippen LogP contribution in [-0.4, -0.2) is 34.0 Å². The number of aromatic amines is 1. The lowest BCUT2D eigenvalue weighted by Crippen LogP contribution is -2.18. The predicted molar refractivity (Wildman–Crippen MR) is 109 cm³/mol. The molecule has 148 valence electrons. The lowest BCUT2D eigenvalue weighted by molar-refractivity contribution is 0.0600. The Bertz CT molecular complexity index is 1230. The van der Waals surface area contributed by atoms with Gasteiger partial charge in [-0.05, 0) is 61.1 Å². The van der Waals surface area contributed by atoms with Crippen molar-refractivity contribution in [3.63, 3.8) is 0 Å². The molecule has 3 aromatic rings. The first kappa shape index (κ1) is 20.2. The third-order valence-corrected chi connectivity index (χ3v) is 4.45. The highest BCUT2D eigenvalue weighted by atomic mass is 32.1. The maximum absolute atomic E-state index is 13.2. The fourth-order valence-corrected chi connectivity index (χ4v) is 2.90. The van der Waals surface area contributed by atoms with E-state index in [1.807, 2.05) is 0 Å². The molecule has 3 rings (SSSR count). The van der Waals surface area contributed by atoms with Crippen molar-refractivity contribution >= 4 is 30.1 Å². The Morgan fingerprint density at radius 1 is 1.28 bits per heavy atom. The summed E-state index contributed by atoms with van der Waals surface area (Å²) >= 11 is 5.12. The molecular formula is C20H16FN3O4S. The van der Waals surface area contributed by atoms with E-state index in [2.05, 4.69) is 9.98 Å². The molecule has 0 atom stereocenters. The van der Waals surface area contributed by atoms with E-state index in [-0.39, 0.29) is 10.3 Å². The van der Waals surface area contributed by atoms with Crippen molar-refractivity contribution in [2.75, 3.05) is 7.11 Å². The van der Waals surface area contributed by atoms with E-state index in [4.69, 9.17) is 17.0 Å². The van der Waals surface area contributed by atoms with Gasteiger partial charge in [0.15, 0.2) is 4.77 Å². The van der Waals surface area contributed by atoms with Crippen LogP contribution in [0.25, 0.3) is 5.69 Å². The number of aromatic nitrogens is 2. The van der Waals surface area contributed by atoms with E-state index in [1.165, 1.54) is 48.2 Å². The van der Waals surface area contributed by atoms with E-state index >= 15 is 0 Å². The lowest BCUT2D eigenvalue weighted by atomic mass is 10.1. The van der Waals surface area contributed by atoms with Gasteiger partial charge in [-0.1, -0.05) is 6.07 Å². The van der Waals surface area contributed by atoms with Crippen molar-refractivity contribution in [2.24, 2.45) is 4.99 Å². The molecule has 0 fully saturated rings. The second-order valence-electron chi connectivity index (χ2n) is 6.06. The SMILES string of the molecule is COC(=O)c1ccc(C)c(N=Cc2c(O)n(-c3ccc(F)cc3)c(=S)[nH]c2=O)c1. The zero-order valence-corrected chi connectivity index (χ0v) is 16.3. The fraction of sp³-hybridized carbons (Fsp3) is 0.100. The van der Waals surface area contributed by atoms with Gasteiger partial charge in [0.1, 0.15) is 11.4 Å². The Labute approximate surface area is 169 Å². The zero-order chi connectivity index (χ0) is 21.1. The smallest absolute Gasteiger partial charge is 0.337 e. The number of methoxy groups -OCH3 is 1. The van der Waals surface area contributed by atoms with Crippen molar-refractivity contribution in [3.8, 4) is 11.6 Å². The summed E-state index contributed by atoms with van der Waals surface area (Å²) in [4.78, 5) is 30.7. The summed E-state index contributed by atoms with van der Waals surface area (Å²) < 4.78 is 19.0. The minimum atomic E-state index is -0.642. The largest absolute Gasteiger partial charge is 0.494 e. The molecule has 0 amide bonds. The van der Waals surface area contributed by atoms with Gasteiger partial charge in [0.05, 0.1) is 24.0 Å². The molecule has 29 heavy (non-hydrogen) atoms. The van der Waals surface area contributed by atoms with E-state index < -0.39 is 23.2 Å². The first-order valence-electron chi connectivity index (χ1n) is 8.39. The summed E-state index contributed by atoms with van der Waals surface area (Å²) in [6.45, 7) is 1.78. The van der Waals surface area contributed by atoms with Crippen LogP contribution in [-0.2, 0) is 4.74 Å². The van der Waals surface area contributed by atoms with Crippen molar-refractivity contribution in [2.45, 2.75) is 6.92 Å². The first-order valence-corrected chi connectivity index (χ1v) is 8.80. The summed E-state index contributed by atoms with van der Waals surface area (Å²) in [5.74, 6) is -1.42. The van der Waals surface area contributed by atoms with Crippen molar-refractivity contribution in [1.82, 2.24) is 9.55 Å². The Morgan fingerprint density at radius 3 is 2.62 bits per heavy atom. The van der Waals surface area contributed by atoms with Crippen molar-refractivity contribution in [1.29, 1.82) is 0 Å². The lowest BCUT2D eigenvalue weighted by Gasteiger charge is -2.11. The van der Waals surface area contributed by atoms with Crippen LogP contribution >= 0.6 is 12.2 Å². The molecule has 1 aromatic heterocycles. The summed E-state index contributed by atoms with van der Waals surface area (Å²) in [6.07, 6.45) is 1.17. The quantitative estimate of drug-likeness (QED) is 0.387. The average Bonchev–Trinajstić information content (AvgIpc) is 2.69. The third kappa shape index (κ3) is 4.14. The molecule has 0 radical (unpaired) electrons. The normalized spacial score (nSPS) is 11.0. The molecule has 0 aliphatic rings.